The van der Waals surface area contributed by atoms with E-state index in [9.17, 15) is 0 Å². The van der Waals surface area contributed by atoms with Crippen molar-refractivity contribution < 1.29 is 9.47 Å². The van der Waals surface area contributed by atoms with Crippen LogP contribution in [0.1, 0.15) is 32.0 Å². The number of nitrogens with zero attached hydrogens (tertiary/aromatic N) is 5. The van der Waals surface area contributed by atoms with Crippen LogP contribution in [-0.2, 0) is 16.0 Å². The minimum absolute atomic E-state index is 0.214. The zero-order chi connectivity index (χ0) is 20.0. The molecule has 2 aromatic rings. The van der Waals surface area contributed by atoms with Crippen molar-refractivity contribution in [1.29, 1.82) is 0 Å². The van der Waals surface area contributed by atoms with E-state index in [1.807, 2.05) is 17.1 Å². The molecule has 0 atom stereocenters. The van der Waals surface area contributed by atoms with Gasteiger partial charge in [-0.25, -0.2) is 4.98 Å². The Morgan fingerprint density at radius 2 is 1.71 bits per heavy atom. The van der Waals surface area contributed by atoms with Gasteiger partial charge in [0.1, 0.15) is 5.82 Å². The van der Waals surface area contributed by atoms with Crippen molar-refractivity contribution in [2.75, 3.05) is 56.7 Å². The lowest BCUT2D eigenvalue weighted by Crippen LogP contribution is -2.17. The monoisotopic (exact) mass is 392 g/mol. The highest BCUT2D eigenvalue weighted by atomic mass is 16.5. The van der Waals surface area contributed by atoms with E-state index in [2.05, 4.69) is 44.4 Å². The van der Waals surface area contributed by atoms with Gasteiger partial charge in [-0.3, -0.25) is 0 Å². The molecule has 0 aliphatic heterocycles. The predicted octanol–water partition coefficient (Wildman–Crippen LogP) is 1.10. The number of hydrogen-bond donors (Lipinski definition) is 3. The van der Waals surface area contributed by atoms with Gasteiger partial charge in [-0.05, 0) is 6.42 Å². The first-order valence-corrected chi connectivity index (χ1v) is 9.74. The fourth-order valence-corrected chi connectivity index (χ4v) is 2.33. The largest absolute Gasteiger partial charge is 0.378 e. The molecule has 0 aliphatic rings. The van der Waals surface area contributed by atoms with Gasteiger partial charge in [0.15, 0.2) is 0 Å². The Morgan fingerprint density at radius 3 is 2.36 bits per heavy atom. The molecule has 0 saturated heterocycles. The van der Waals surface area contributed by atoms with Crippen LogP contribution in [0, 0.1) is 0 Å². The fraction of sp³-hybridized carbons (Fsp3) is 0.667. The summed E-state index contributed by atoms with van der Waals surface area (Å²) in [5.41, 5.74) is 5.36. The number of nitrogens with one attached hydrogen (secondary N) is 2. The summed E-state index contributed by atoms with van der Waals surface area (Å²) in [6.07, 6.45) is 6.49. The molecule has 10 nitrogen and oxygen atoms in total. The molecule has 0 amide bonds. The van der Waals surface area contributed by atoms with Crippen LogP contribution in [0.3, 0.4) is 0 Å². The third kappa shape index (κ3) is 8.59. The minimum atomic E-state index is 0.214. The van der Waals surface area contributed by atoms with Gasteiger partial charge in [-0.15, -0.1) is 0 Å². The van der Waals surface area contributed by atoms with Gasteiger partial charge < -0.3 is 30.4 Å². The highest BCUT2D eigenvalue weighted by Gasteiger charge is 2.09. The molecule has 0 bridgehead atoms. The second kappa shape index (κ2) is 13.0. The predicted molar refractivity (Wildman–Crippen MR) is 108 cm³/mol. The SMILES string of the molecule is CC(C)c1nc(NCCCn2ccnc2)nc(NCCOCCOCCN)n1. The number of ether oxygens (including phenoxy) is 2. The maximum Gasteiger partial charge on any atom is 0.227 e. The summed E-state index contributed by atoms with van der Waals surface area (Å²) in [5.74, 6) is 2.11. The quantitative estimate of drug-likeness (QED) is 0.382. The number of hydrogen-bond acceptors (Lipinski definition) is 9. The topological polar surface area (TPSA) is 125 Å². The van der Waals surface area contributed by atoms with Crippen LogP contribution < -0.4 is 16.4 Å². The molecule has 2 aromatic heterocycles. The number of imidazole rings is 1. The maximum absolute atomic E-state index is 5.50. The average Bonchev–Trinajstić information content (AvgIpc) is 3.21. The van der Waals surface area contributed by atoms with Crippen LogP contribution in [-0.4, -0.2) is 70.6 Å². The minimum Gasteiger partial charge on any atom is -0.378 e. The Morgan fingerprint density at radius 1 is 1.00 bits per heavy atom. The van der Waals surface area contributed by atoms with E-state index in [1.54, 1.807) is 6.20 Å². The van der Waals surface area contributed by atoms with Crippen molar-refractivity contribution in [3.8, 4) is 0 Å². The number of aryl methyl sites for hydroxylation is 1. The lowest BCUT2D eigenvalue weighted by atomic mass is 10.2. The highest BCUT2D eigenvalue weighted by molar-refractivity contribution is 5.34. The fourth-order valence-electron chi connectivity index (χ4n) is 2.33. The first kappa shape index (κ1) is 22.0. The van der Waals surface area contributed by atoms with Gasteiger partial charge >= 0.3 is 0 Å². The Balaban J connectivity index is 1.74. The van der Waals surface area contributed by atoms with Gasteiger partial charge in [-0.2, -0.15) is 15.0 Å². The zero-order valence-corrected chi connectivity index (χ0v) is 16.8. The smallest absolute Gasteiger partial charge is 0.227 e. The zero-order valence-electron chi connectivity index (χ0n) is 16.8. The van der Waals surface area contributed by atoms with Crippen LogP contribution in [0.2, 0.25) is 0 Å². The number of anilines is 2. The second-order valence-electron chi connectivity index (χ2n) is 6.52. The molecule has 10 heteroatoms. The van der Waals surface area contributed by atoms with Gasteiger partial charge in [0, 0.05) is 44.5 Å². The molecular formula is C18H32N8O2. The average molecular weight is 393 g/mol. The van der Waals surface area contributed by atoms with Crippen LogP contribution >= 0.6 is 0 Å². The van der Waals surface area contributed by atoms with E-state index in [4.69, 9.17) is 15.2 Å². The van der Waals surface area contributed by atoms with E-state index in [-0.39, 0.29) is 5.92 Å². The molecule has 0 spiro atoms. The summed E-state index contributed by atoms with van der Waals surface area (Å²) >= 11 is 0. The highest BCUT2D eigenvalue weighted by Crippen LogP contribution is 2.13. The third-order valence-corrected chi connectivity index (χ3v) is 3.77. The summed E-state index contributed by atoms with van der Waals surface area (Å²) < 4.78 is 12.8. The molecule has 0 unspecified atom stereocenters. The van der Waals surface area contributed by atoms with Crippen LogP contribution in [0.5, 0.6) is 0 Å². The van der Waals surface area contributed by atoms with Crippen molar-refractivity contribution in [1.82, 2.24) is 24.5 Å². The lowest BCUT2D eigenvalue weighted by molar-refractivity contribution is 0.0547. The van der Waals surface area contributed by atoms with E-state index < -0.39 is 0 Å². The summed E-state index contributed by atoms with van der Waals surface area (Å²) in [4.78, 5) is 17.5. The summed E-state index contributed by atoms with van der Waals surface area (Å²) in [6.45, 7) is 9.12. The van der Waals surface area contributed by atoms with E-state index in [0.717, 1.165) is 25.3 Å². The Bertz CT molecular complexity index is 651. The first-order chi connectivity index (χ1) is 13.7. The Hall–Kier alpha value is -2.30. The Labute approximate surface area is 166 Å². The molecule has 0 radical (unpaired) electrons. The van der Waals surface area contributed by atoms with Gasteiger partial charge in [0.25, 0.3) is 0 Å². The summed E-state index contributed by atoms with van der Waals surface area (Å²) in [6, 6.07) is 0. The molecule has 2 heterocycles. The van der Waals surface area contributed by atoms with E-state index >= 15 is 0 Å². The van der Waals surface area contributed by atoms with E-state index in [0.29, 0.717) is 51.4 Å². The third-order valence-electron chi connectivity index (χ3n) is 3.77. The first-order valence-electron chi connectivity index (χ1n) is 9.74. The second-order valence-corrected chi connectivity index (χ2v) is 6.52. The number of rotatable bonds is 15. The lowest BCUT2D eigenvalue weighted by Gasteiger charge is -2.12. The maximum atomic E-state index is 5.50. The molecule has 0 aliphatic carbocycles. The van der Waals surface area contributed by atoms with Crippen LogP contribution in [0.4, 0.5) is 11.9 Å². The number of nitrogens with two attached hydrogens (primary N) is 1. The molecular weight excluding hydrogens is 360 g/mol. The normalized spacial score (nSPS) is 11.1. The molecule has 28 heavy (non-hydrogen) atoms. The molecule has 4 N–H and O–H groups in total. The Kier molecular flexibility index (Phi) is 10.2. The molecule has 0 aromatic carbocycles. The van der Waals surface area contributed by atoms with Crippen molar-refractivity contribution in [2.24, 2.45) is 5.73 Å². The van der Waals surface area contributed by atoms with Crippen molar-refractivity contribution in [2.45, 2.75) is 32.7 Å². The molecule has 0 saturated carbocycles. The van der Waals surface area contributed by atoms with Crippen LogP contribution in [0.15, 0.2) is 18.7 Å². The van der Waals surface area contributed by atoms with Gasteiger partial charge in [0.2, 0.25) is 11.9 Å². The van der Waals surface area contributed by atoms with Gasteiger partial charge in [-0.1, -0.05) is 13.8 Å². The summed E-state index contributed by atoms with van der Waals surface area (Å²) in [5, 5.41) is 6.47. The van der Waals surface area contributed by atoms with Crippen LogP contribution in [0.25, 0.3) is 0 Å². The number of aromatic nitrogens is 5. The van der Waals surface area contributed by atoms with Crippen molar-refractivity contribution in [3.05, 3.63) is 24.5 Å². The standard InChI is InChI=1S/C18H32N8O2/c1-15(2)16-23-17(21-5-3-8-26-9-6-20-14-26)25-18(24-16)22-7-11-28-13-12-27-10-4-19/h6,9,14-15H,3-5,7-8,10-13,19H2,1-2H3,(H2,21,22,23,24,25). The molecule has 0 fully saturated rings. The summed E-state index contributed by atoms with van der Waals surface area (Å²) in [7, 11) is 0. The molecule has 2 rings (SSSR count). The van der Waals surface area contributed by atoms with Crippen molar-refractivity contribution in [3.63, 3.8) is 0 Å². The van der Waals surface area contributed by atoms with E-state index in [1.165, 1.54) is 0 Å². The van der Waals surface area contributed by atoms with Gasteiger partial charge in [0.05, 0.1) is 32.8 Å². The van der Waals surface area contributed by atoms with Crippen molar-refractivity contribution >= 4 is 11.9 Å². The molecule has 156 valence electrons.